The Balaban J connectivity index is 2.14. The van der Waals surface area contributed by atoms with Crippen LogP contribution >= 0.6 is 0 Å². The zero-order chi connectivity index (χ0) is 13.8. The highest BCUT2D eigenvalue weighted by Crippen LogP contribution is 2.19. The number of hydrogen-bond donors (Lipinski definition) is 2. The standard InChI is InChI=1S/C14H21N3O2/c1-3-15-13-7-12(6-10(2)16-13)14(19)17-5-4-11(8-17)9-18/h6-7,11,18H,3-5,8-9H2,1-2H3,(H,15,16). The third-order valence-electron chi connectivity index (χ3n) is 3.39. The molecule has 0 aliphatic carbocycles. The number of aromatic nitrogens is 1. The number of nitrogens with zero attached hydrogens (tertiary/aromatic N) is 2. The molecule has 1 amide bonds. The average molecular weight is 263 g/mol. The number of carbonyl (C=O) groups is 1. The van der Waals surface area contributed by atoms with Crippen molar-refractivity contribution in [2.24, 2.45) is 5.92 Å². The summed E-state index contributed by atoms with van der Waals surface area (Å²) >= 11 is 0. The summed E-state index contributed by atoms with van der Waals surface area (Å²) in [4.78, 5) is 18.6. The number of amides is 1. The first-order valence-corrected chi connectivity index (χ1v) is 6.76. The van der Waals surface area contributed by atoms with Crippen LogP contribution in [0.15, 0.2) is 12.1 Å². The number of likely N-dealkylation sites (tertiary alicyclic amines) is 1. The zero-order valence-corrected chi connectivity index (χ0v) is 11.5. The quantitative estimate of drug-likeness (QED) is 0.858. The molecular weight excluding hydrogens is 242 g/mol. The van der Waals surface area contributed by atoms with Crippen LogP contribution in [0.4, 0.5) is 5.82 Å². The number of anilines is 1. The average Bonchev–Trinajstić information content (AvgIpc) is 2.86. The molecule has 1 unspecified atom stereocenters. The molecule has 1 aromatic heterocycles. The van der Waals surface area contributed by atoms with E-state index in [1.165, 1.54) is 0 Å². The molecule has 5 heteroatoms. The van der Waals surface area contributed by atoms with Crippen LogP contribution in [0.25, 0.3) is 0 Å². The van der Waals surface area contributed by atoms with Gasteiger partial charge in [-0.15, -0.1) is 0 Å². The van der Waals surface area contributed by atoms with Gasteiger partial charge in [0.1, 0.15) is 5.82 Å². The Morgan fingerprint density at radius 1 is 1.58 bits per heavy atom. The third-order valence-corrected chi connectivity index (χ3v) is 3.39. The molecule has 1 aromatic rings. The predicted octanol–water partition coefficient (Wildman–Crippen LogP) is 1.28. The Bertz CT molecular complexity index is 462. The number of carbonyl (C=O) groups excluding carboxylic acids is 1. The highest BCUT2D eigenvalue weighted by Gasteiger charge is 2.26. The number of rotatable bonds is 4. The molecule has 0 radical (unpaired) electrons. The van der Waals surface area contributed by atoms with E-state index in [-0.39, 0.29) is 18.4 Å². The summed E-state index contributed by atoms with van der Waals surface area (Å²) in [5.74, 6) is 0.990. The van der Waals surface area contributed by atoms with Gasteiger partial charge < -0.3 is 15.3 Å². The Labute approximate surface area is 113 Å². The second-order valence-corrected chi connectivity index (χ2v) is 5.00. The van der Waals surface area contributed by atoms with Gasteiger partial charge in [-0.1, -0.05) is 0 Å². The van der Waals surface area contributed by atoms with E-state index in [0.29, 0.717) is 12.1 Å². The van der Waals surface area contributed by atoms with Gasteiger partial charge in [0.25, 0.3) is 5.91 Å². The molecule has 1 saturated heterocycles. The van der Waals surface area contributed by atoms with E-state index in [4.69, 9.17) is 5.11 Å². The summed E-state index contributed by atoms with van der Waals surface area (Å²) < 4.78 is 0. The maximum atomic E-state index is 12.4. The monoisotopic (exact) mass is 263 g/mol. The number of pyridine rings is 1. The van der Waals surface area contributed by atoms with E-state index in [9.17, 15) is 4.79 Å². The fourth-order valence-corrected chi connectivity index (χ4v) is 2.41. The highest BCUT2D eigenvalue weighted by molar-refractivity contribution is 5.95. The molecule has 5 nitrogen and oxygen atoms in total. The lowest BCUT2D eigenvalue weighted by atomic mass is 10.1. The Morgan fingerprint density at radius 3 is 3.00 bits per heavy atom. The lowest BCUT2D eigenvalue weighted by molar-refractivity contribution is 0.0781. The first kappa shape index (κ1) is 13.8. The molecule has 0 bridgehead atoms. The van der Waals surface area contributed by atoms with Gasteiger partial charge >= 0.3 is 0 Å². The Kier molecular flexibility index (Phi) is 4.37. The van der Waals surface area contributed by atoms with Crippen molar-refractivity contribution < 1.29 is 9.90 Å². The van der Waals surface area contributed by atoms with E-state index in [2.05, 4.69) is 10.3 Å². The van der Waals surface area contributed by atoms with Gasteiger partial charge in [0, 0.05) is 43.4 Å². The molecule has 2 heterocycles. The van der Waals surface area contributed by atoms with Crippen molar-refractivity contribution in [1.82, 2.24) is 9.88 Å². The van der Waals surface area contributed by atoms with Gasteiger partial charge in [-0.2, -0.15) is 0 Å². The fraction of sp³-hybridized carbons (Fsp3) is 0.571. The van der Waals surface area contributed by atoms with Crippen LogP contribution in [-0.2, 0) is 0 Å². The van der Waals surface area contributed by atoms with E-state index in [1.54, 1.807) is 6.07 Å². The summed E-state index contributed by atoms with van der Waals surface area (Å²) in [6, 6.07) is 3.61. The number of aliphatic hydroxyl groups excluding tert-OH is 1. The number of nitrogens with one attached hydrogen (secondary N) is 1. The minimum Gasteiger partial charge on any atom is -0.396 e. The van der Waals surface area contributed by atoms with Gasteiger partial charge in [-0.05, 0) is 32.4 Å². The number of aryl methyl sites for hydroxylation is 1. The van der Waals surface area contributed by atoms with Crippen molar-refractivity contribution in [2.75, 3.05) is 31.6 Å². The maximum Gasteiger partial charge on any atom is 0.254 e. The minimum absolute atomic E-state index is 0.0283. The van der Waals surface area contributed by atoms with E-state index < -0.39 is 0 Å². The molecule has 1 atom stereocenters. The fourth-order valence-electron chi connectivity index (χ4n) is 2.41. The number of aliphatic hydroxyl groups is 1. The van der Waals surface area contributed by atoms with Gasteiger partial charge in [-0.3, -0.25) is 4.79 Å². The topological polar surface area (TPSA) is 65.5 Å². The summed E-state index contributed by atoms with van der Waals surface area (Å²) in [6.45, 7) is 6.19. The summed E-state index contributed by atoms with van der Waals surface area (Å²) in [6.07, 6.45) is 0.881. The zero-order valence-electron chi connectivity index (χ0n) is 11.5. The van der Waals surface area contributed by atoms with Crippen LogP contribution in [0.3, 0.4) is 0 Å². The van der Waals surface area contributed by atoms with Gasteiger partial charge in [-0.25, -0.2) is 4.98 Å². The van der Waals surface area contributed by atoms with Crippen molar-refractivity contribution >= 4 is 11.7 Å². The molecule has 0 spiro atoms. The summed E-state index contributed by atoms with van der Waals surface area (Å²) in [7, 11) is 0. The van der Waals surface area contributed by atoms with E-state index in [0.717, 1.165) is 31.0 Å². The second-order valence-electron chi connectivity index (χ2n) is 5.00. The Morgan fingerprint density at radius 2 is 2.37 bits per heavy atom. The van der Waals surface area contributed by atoms with E-state index in [1.807, 2.05) is 24.8 Å². The van der Waals surface area contributed by atoms with Crippen molar-refractivity contribution in [3.63, 3.8) is 0 Å². The molecule has 0 saturated carbocycles. The molecule has 19 heavy (non-hydrogen) atoms. The molecule has 2 N–H and O–H groups in total. The Hall–Kier alpha value is -1.62. The second kappa shape index (κ2) is 6.02. The first-order valence-electron chi connectivity index (χ1n) is 6.76. The van der Waals surface area contributed by atoms with Crippen molar-refractivity contribution in [3.05, 3.63) is 23.4 Å². The van der Waals surface area contributed by atoms with Crippen LogP contribution in [0, 0.1) is 12.8 Å². The van der Waals surface area contributed by atoms with Crippen molar-refractivity contribution in [3.8, 4) is 0 Å². The van der Waals surface area contributed by atoms with Gasteiger partial charge in [0.15, 0.2) is 0 Å². The molecule has 1 aliphatic rings. The normalized spacial score (nSPS) is 18.7. The lowest BCUT2D eigenvalue weighted by Crippen LogP contribution is -2.29. The first-order chi connectivity index (χ1) is 9.13. The van der Waals surface area contributed by atoms with E-state index >= 15 is 0 Å². The summed E-state index contributed by atoms with van der Waals surface area (Å²) in [5.41, 5.74) is 1.50. The van der Waals surface area contributed by atoms with Crippen LogP contribution < -0.4 is 5.32 Å². The predicted molar refractivity (Wildman–Crippen MR) is 74.2 cm³/mol. The molecule has 2 rings (SSSR count). The SMILES string of the molecule is CCNc1cc(C(=O)N2CCC(CO)C2)cc(C)n1. The van der Waals surface area contributed by atoms with Crippen molar-refractivity contribution in [1.29, 1.82) is 0 Å². The van der Waals surface area contributed by atoms with Gasteiger partial charge in [0.05, 0.1) is 0 Å². The van der Waals surface area contributed by atoms with Crippen LogP contribution in [-0.4, -0.2) is 47.1 Å². The van der Waals surface area contributed by atoms with Gasteiger partial charge in [0.2, 0.25) is 0 Å². The van der Waals surface area contributed by atoms with Crippen molar-refractivity contribution in [2.45, 2.75) is 20.3 Å². The third kappa shape index (κ3) is 3.23. The molecule has 0 aromatic carbocycles. The van der Waals surface area contributed by atoms with Crippen LogP contribution in [0.1, 0.15) is 29.4 Å². The smallest absolute Gasteiger partial charge is 0.254 e. The lowest BCUT2D eigenvalue weighted by Gasteiger charge is -2.17. The highest BCUT2D eigenvalue weighted by atomic mass is 16.3. The molecule has 1 aliphatic heterocycles. The molecule has 1 fully saturated rings. The largest absolute Gasteiger partial charge is 0.396 e. The molecule has 104 valence electrons. The maximum absolute atomic E-state index is 12.4. The summed E-state index contributed by atoms with van der Waals surface area (Å²) in [5, 5.41) is 12.3. The number of hydrogen-bond acceptors (Lipinski definition) is 4. The minimum atomic E-state index is 0.0283. The van der Waals surface area contributed by atoms with Crippen LogP contribution in [0.2, 0.25) is 0 Å². The molecular formula is C14H21N3O2. The van der Waals surface area contributed by atoms with Crippen LogP contribution in [0.5, 0.6) is 0 Å².